The first-order chi connectivity index (χ1) is 8.76. The second-order valence-corrected chi connectivity index (χ2v) is 4.89. The molecule has 0 rings (SSSR count). The van der Waals surface area contributed by atoms with Crippen LogP contribution in [0.1, 0.15) is 46.5 Å². The number of hydrogen-bond acceptors (Lipinski definition) is 2. The number of carbonyl (C=O) groups is 1. The van der Waals surface area contributed by atoms with Crippen LogP contribution in [-0.4, -0.2) is 36.6 Å². The summed E-state index contributed by atoms with van der Waals surface area (Å²) in [6.45, 7) is 4.50. The van der Waals surface area contributed by atoms with Gasteiger partial charge in [-0.25, -0.2) is 0 Å². The third-order valence-electron chi connectivity index (χ3n) is 3.64. The van der Waals surface area contributed by atoms with Crippen molar-refractivity contribution in [1.29, 1.82) is 0 Å². The molecule has 0 aromatic rings. The van der Waals surface area contributed by atoms with Crippen LogP contribution in [0.25, 0.3) is 0 Å². The van der Waals surface area contributed by atoms with E-state index in [2.05, 4.69) is 0 Å². The molecule has 0 fully saturated rings. The summed E-state index contributed by atoms with van der Waals surface area (Å²) in [6, 6.07) is 0. The summed E-state index contributed by atoms with van der Waals surface area (Å²) in [6.07, 6.45) is -2.14. The molecule has 0 saturated carbocycles. The maximum Gasteiger partial charge on any atom is 0.406 e. The van der Waals surface area contributed by atoms with E-state index in [1.165, 1.54) is 0 Å². The number of hydrogen-bond donors (Lipinski definition) is 1. The van der Waals surface area contributed by atoms with E-state index in [9.17, 15) is 18.0 Å². The first-order valence-corrected chi connectivity index (χ1v) is 6.82. The third kappa shape index (κ3) is 5.38. The first kappa shape index (κ1) is 18.2. The number of unbranched alkanes of at least 4 members (excludes halogenated alkanes) is 1. The van der Waals surface area contributed by atoms with Crippen LogP contribution in [0.3, 0.4) is 0 Å². The maximum atomic E-state index is 12.6. The fourth-order valence-electron chi connectivity index (χ4n) is 2.08. The van der Waals surface area contributed by atoms with Crippen molar-refractivity contribution in [1.82, 2.24) is 4.90 Å². The van der Waals surface area contributed by atoms with E-state index in [0.717, 1.165) is 11.3 Å². The van der Waals surface area contributed by atoms with Crippen LogP contribution >= 0.6 is 0 Å². The van der Waals surface area contributed by atoms with Crippen LogP contribution in [0.15, 0.2) is 0 Å². The topological polar surface area (TPSA) is 46.3 Å². The van der Waals surface area contributed by atoms with Crippen molar-refractivity contribution in [2.75, 3.05) is 19.6 Å². The SMILES string of the molecule is CCCCN(CC(F)(F)F)C(=O)C(CC)(CC)CN. The van der Waals surface area contributed by atoms with Crippen molar-refractivity contribution in [3.63, 3.8) is 0 Å². The Balaban J connectivity index is 5.06. The van der Waals surface area contributed by atoms with Crippen LogP contribution in [0, 0.1) is 5.41 Å². The highest BCUT2D eigenvalue weighted by Crippen LogP contribution is 2.29. The van der Waals surface area contributed by atoms with Gasteiger partial charge in [-0.15, -0.1) is 0 Å². The normalized spacial score (nSPS) is 12.6. The molecular weight excluding hydrogens is 257 g/mol. The summed E-state index contributed by atoms with van der Waals surface area (Å²) >= 11 is 0. The predicted molar refractivity (Wildman–Crippen MR) is 69.6 cm³/mol. The zero-order chi connectivity index (χ0) is 15.1. The third-order valence-corrected chi connectivity index (χ3v) is 3.64. The number of nitrogens with zero attached hydrogens (tertiary/aromatic N) is 1. The molecule has 1 amide bonds. The smallest absolute Gasteiger partial charge is 0.333 e. The molecule has 0 spiro atoms. The minimum atomic E-state index is -4.37. The van der Waals surface area contributed by atoms with Gasteiger partial charge in [0.1, 0.15) is 6.54 Å². The van der Waals surface area contributed by atoms with Crippen LogP contribution < -0.4 is 5.73 Å². The molecule has 0 bridgehead atoms. The minimum Gasteiger partial charge on any atom is -0.333 e. The fourth-order valence-corrected chi connectivity index (χ4v) is 2.08. The lowest BCUT2D eigenvalue weighted by molar-refractivity contribution is -0.168. The highest BCUT2D eigenvalue weighted by Gasteiger charge is 2.40. The predicted octanol–water partition coefficient (Wildman–Crippen LogP) is 2.94. The van der Waals surface area contributed by atoms with E-state index in [1.54, 1.807) is 13.8 Å². The molecule has 114 valence electrons. The van der Waals surface area contributed by atoms with Gasteiger partial charge < -0.3 is 10.6 Å². The highest BCUT2D eigenvalue weighted by molar-refractivity contribution is 5.83. The lowest BCUT2D eigenvalue weighted by Gasteiger charge is -2.35. The zero-order valence-corrected chi connectivity index (χ0v) is 12.0. The number of alkyl halides is 3. The van der Waals surface area contributed by atoms with Gasteiger partial charge in [0, 0.05) is 13.1 Å². The summed E-state index contributed by atoms with van der Waals surface area (Å²) in [5.74, 6) is -0.467. The molecule has 0 unspecified atom stereocenters. The van der Waals surface area contributed by atoms with Crippen molar-refractivity contribution >= 4 is 5.91 Å². The summed E-state index contributed by atoms with van der Waals surface area (Å²) in [7, 11) is 0. The van der Waals surface area contributed by atoms with Crippen molar-refractivity contribution in [2.24, 2.45) is 11.1 Å². The Hall–Kier alpha value is -0.780. The zero-order valence-electron chi connectivity index (χ0n) is 12.0. The van der Waals surface area contributed by atoms with Crippen molar-refractivity contribution in [2.45, 2.75) is 52.6 Å². The molecule has 0 aromatic heterocycles. The summed E-state index contributed by atoms with van der Waals surface area (Å²) in [5.41, 5.74) is 4.77. The first-order valence-electron chi connectivity index (χ1n) is 6.82. The molecule has 6 heteroatoms. The molecule has 0 aliphatic carbocycles. The van der Waals surface area contributed by atoms with Crippen molar-refractivity contribution < 1.29 is 18.0 Å². The van der Waals surface area contributed by atoms with Crippen LogP contribution in [0.4, 0.5) is 13.2 Å². The molecule has 0 saturated heterocycles. The molecule has 0 heterocycles. The van der Waals surface area contributed by atoms with Gasteiger partial charge in [-0.05, 0) is 19.3 Å². The van der Waals surface area contributed by atoms with Crippen LogP contribution in [-0.2, 0) is 4.79 Å². The maximum absolute atomic E-state index is 12.6. The summed E-state index contributed by atoms with van der Waals surface area (Å²) in [4.78, 5) is 13.3. The number of amides is 1. The Bertz CT molecular complexity index is 267. The standard InChI is InChI=1S/C13H25F3N2O/c1-4-7-8-18(10-13(14,15)16)11(19)12(5-2,6-3)9-17/h4-10,17H2,1-3H3. The lowest BCUT2D eigenvalue weighted by atomic mass is 9.81. The fraction of sp³-hybridized carbons (Fsp3) is 0.923. The lowest BCUT2D eigenvalue weighted by Crippen LogP contribution is -2.50. The average Bonchev–Trinajstić information content (AvgIpc) is 2.35. The average molecular weight is 282 g/mol. The van der Waals surface area contributed by atoms with E-state index in [1.807, 2.05) is 6.92 Å². The van der Waals surface area contributed by atoms with E-state index >= 15 is 0 Å². The van der Waals surface area contributed by atoms with Crippen molar-refractivity contribution in [3.05, 3.63) is 0 Å². The van der Waals surface area contributed by atoms with Crippen LogP contribution in [0.2, 0.25) is 0 Å². The quantitative estimate of drug-likeness (QED) is 0.744. The Morgan fingerprint density at radius 2 is 1.68 bits per heavy atom. The van der Waals surface area contributed by atoms with Gasteiger partial charge in [0.05, 0.1) is 5.41 Å². The van der Waals surface area contributed by atoms with E-state index < -0.39 is 24.0 Å². The van der Waals surface area contributed by atoms with Gasteiger partial charge in [-0.1, -0.05) is 27.2 Å². The second-order valence-electron chi connectivity index (χ2n) is 4.89. The number of nitrogens with two attached hydrogens (primary N) is 1. The van der Waals surface area contributed by atoms with Gasteiger partial charge in [0.25, 0.3) is 0 Å². The Morgan fingerprint density at radius 1 is 1.16 bits per heavy atom. The van der Waals surface area contributed by atoms with Gasteiger partial charge >= 0.3 is 6.18 Å². The minimum absolute atomic E-state index is 0.0827. The van der Waals surface area contributed by atoms with Gasteiger partial charge in [0.2, 0.25) is 5.91 Å². The summed E-state index contributed by atoms with van der Waals surface area (Å²) < 4.78 is 37.7. The highest BCUT2D eigenvalue weighted by atomic mass is 19.4. The molecular formula is C13H25F3N2O. The molecule has 0 aromatic carbocycles. The molecule has 2 N–H and O–H groups in total. The molecule has 0 aliphatic heterocycles. The van der Waals surface area contributed by atoms with Crippen LogP contribution in [0.5, 0.6) is 0 Å². The monoisotopic (exact) mass is 282 g/mol. The summed E-state index contributed by atoms with van der Waals surface area (Å²) in [5, 5.41) is 0. The van der Waals surface area contributed by atoms with E-state index in [-0.39, 0.29) is 13.1 Å². The van der Waals surface area contributed by atoms with Gasteiger partial charge in [0.15, 0.2) is 0 Å². The Labute approximate surface area is 113 Å². The van der Waals surface area contributed by atoms with Gasteiger partial charge in [-0.3, -0.25) is 4.79 Å². The molecule has 0 radical (unpaired) electrons. The number of rotatable bonds is 8. The Morgan fingerprint density at radius 3 is 2.00 bits per heavy atom. The number of halogens is 3. The second kappa shape index (κ2) is 7.72. The largest absolute Gasteiger partial charge is 0.406 e. The number of carbonyl (C=O) groups excluding carboxylic acids is 1. The molecule has 0 atom stereocenters. The molecule has 19 heavy (non-hydrogen) atoms. The molecule has 0 aliphatic rings. The van der Waals surface area contributed by atoms with E-state index in [0.29, 0.717) is 19.3 Å². The van der Waals surface area contributed by atoms with Crippen molar-refractivity contribution in [3.8, 4) is 0 Å². The van der Waals surface area contributed by atoms with E-state index in [4.69, 9.17) is 5.73 Å². The van der Waals surface area contributed by atoms with Gasteiger partial charge in [-0.2, -0.15) is 13.2 Å². The molecule has 3 nitrogen and oxygen atoms in total. The Kier molecular flexibility index (Phi) is 7.41.